The molecular formula is C10H8N2O4. The van der Waals surface area contributed by atoms with Crippen LogP contribution in [0, 0.1) is 0 Å². The van der Waals surface area contributed by atoms with Gasteiger partial charge in [0.25, 0.3) is 0 Å². The van der Waals surface area contributed by atoms with Crippen LogP contribution in [-0.4, -0.2) is 26.4 Å². The van der Waals surface area contributed by atoms with Crippen LogP contribution < -0.4 is 9.47 Å². The van der Waals surface area contributed by atoms with Crippen molar-refractivity contribution >= 4 is 23.5 Å². The third kappa shape index (κ3) is 2.15. The molecule has 6 nitrogen and oxygen atoms in total. The summed E-state index contributed by atoms with van der Waals surface area (Å²) in [5, 5.41) is 0. The summed E-state index contributed by atoms with van der Waals surface area (Å²) in [6, 6.07) is 2.92. The van der Waals surface area contributed by atoms with Crippen molar-refractivity contribution in [1.82, 2.24) is 0 Å². The lowest BCUT2D eigenvalue weighted by atomic mass is 10.2. The van der Waals surface area contributed by atoms with Crippen LogP contribution in [0.3, 0.4) is 0 Å². The fourth-order valence-electron chi connectivity index (χ4n) is 1.21. The van der Waals surface area contributed by atoms with Gasteiger partial charge < -0.3 is 9.47 Å². The second kappa shape index (κ2) is 5.46. The first-order valence-electron chi connectivity index (χ1n) is 4.19. The molecule has 1 aromatic carbocycles. The van der Waals surface area contributed by atoms with E-state index >= 15 is 0 Å². The van der Waals surface area contributed by atoms with Crippen molar-refractivity contribution in [1.29, 1.82) is 0 Å². The normalized spacial score (nSPS) is 8.62. The minimum Gasteiger partial charge on any atom is -0.491 e. The largest absolute Gasteiger partial charge is 0.491 e. The summed E-state index contributed by atoms with van der Waals surface area (Å²) in [6.45, 7) is 0. The summed E-state index contributed by atoms with van der Waals surface area (Å²) in [7, 11) is 2.77. The molecule has 0 unspecified atom stereocenters. The first-order valence-corrected chi connectivity index (χ1v) is 4.19. The summed E-state index contributed by atoms with van der Waals surface area (Å²) in [5.41, 5.74) is 0.499. The number of hydrogen-bond acceptors (Lipinski definition) is 6. The van der Waals surface area contributed by atoms with E-state index in [2.05, 4.69) is 9.98 Å². The van der Waals surface area contributed by atoms with Crippen molar-refractivity contribution in [3.8, 4) is 11.5 Å². The Morgan fingerprint density at radius 1 is 0.938 bits per heavy atom. The number of carbonyl (C=O) groups excluding carboxylic acids is 2. The molecule has 1 aromatic rings. The second-order valence-corrected chi connectivity index (χ2v) is 2.58. The molecule has 1 rings (SSSR count). The molecule has 0 saturated carbocycles. The molecule has 0 heterocycles. The topological polar surface area (TPSA) is 77.3 Å². The van der Waals surface area contributed by atoms with Crippen LogP contribution in [0.4, 0.5) is 11.4 Å². The van der Waals surface area contributed by atoms with Crippen LogP contribution >= 0.6 is 0 Å². The van der Waals surface area contributed by atoms with Crippen molar-refractivity contribution < 1.29 is 19.1 Å². The Morgan fingerprint density at radius 3 is 1.56 bits per heavy atom. The third-order valence-electron chi connectivity index (χ3n) is 1.81. The van der Waals surface area contributed by atoms with Crippen LogP contribution in [0.1, 0.15) is 0 Å². The molecule has 0 N–H and O–H groups in total. The van der Waals surface area contributed by atoms with Gasteiger partial charge in [0, 0.05) is 0 Å². The van der Waals surface area contributed by atoms with Gasteiger partial charge in [0.05, 0.1) is 14.2 Å². The third-order valence-corrected chi connectivity index (χ3v) is 1.81. The van der Waals surface area contributed by atoms with Gasteiger partial charge in [0.15, 0.2) is 11.5 Å². The van der Waals surface area contributed by atoms with Gasteiger partial charge in [-0.1, -0.05) is 0 Å². The number of isocyanates is 2. The van der Waals surface area contributed by atoms with E-state index in [1.54, 1.807) is 0 Å². The fourth-order valence-corrected chi connectivity index (χ4v) is 1.21. The SMILES string of the molecule is COc1c(N=C=O)ccc(N=C=O)c1OC. The Balaban J connectivity index is 3.50. The maximum absolute atomic E-state index is 10.2. The molecule has 6 heteroatoms. The molecule has 0 aliphatic rings. The van der Waals surface area contributed by atoms with Crippen molar-refractivity contribution in [3.05, 3.63) is 12.1 Å². The van der Waals surface area contributed by atoms with Gasteiger partial charge in [-0.25, -0.2) is 9.59 Å². The molecule has 0 saturated heterocycles. The summed E-state index contributed by atoms with van der Waals surface area (Å²) in [6.07, 6.45) is 2.79. The van der Waals surface area contributed by atoms with Gasteiger partial charge in [0.1, 0.15) is 11.4 Å². The zero-order valence-corrected chi connectivity index (χ0v) is 8.68. The Bertz CT molecular complexity index is 441. The monoisotopic (exact) mass is 220 g/mol. The van der Waals surface area contributed by atoms with Gasteiger partial charge in [-0.2, -0.15) is 9.98 Å². The van der Waals surface area contributed by atoms with Crippen molar-refractivity contribution in [2.24, 2.45) is 9.98 Å². The highest BCUT2D eigenvalue weighted by Gasteiger charge is 2.14. The quantitative estimate of drug-likeness (QED) is 0.570. The van der Waals surface area contributed by atoms with E-state index in [9.17, 15) is 9.59 Å². The van der Waals surface area contributed by atoms with E-state index in [0.29, 0.717) is 0 Å². The van der Waals surface area contributed by atoms with E-state index in [-0.39, 0.29) is 22.9 Å². The van der Waals surface area contributed by atoms with E-state index in [1.165, 1.54) is 38.5 Å². The van der Waals surface area contributed by atoms with Crippen LogP contribution in [0.2, 0.25) is 0 Å². The van der Waals surface area contributed by atoms with E-state index < -0.39 is 0 Å². The number of ether oxygens (including phenoxy) is 2. The van der Waals surface area contributed by atoms with Crippen LogP contribution in [0.25, 0.3) is 0 Å². The summed E-state index contributed by atoms with van der Waals surface area (Å²) in [4.78, 5) is 27.2. The first-order chi connectivity index (χ1) is 7.78. The van der Waals surface area contributed by atoms with Crippen molar-refractivity contribution in [3.63, 3.8) is 0 Å². The molecule has 0 fully saturated rings. The Morgan fingerprint density at radius 2 is 1.31 bits per heavy atom. The minimum absolute atomic E-state index is 0.211. The molecule has 0 bridgehead atoms. The molecule has 16 heavy (non-hydrogen) atoms. The Labute approximate surface area is 91.2 Å². The van der Waals surface area contributed by atoms with Gasteiger partial charge in [-0.05, 0) is 12.1 Å². The highest BCUT2D eigenvalue weighted by atomic mass is 16.5. The van der Waals surface area contributed by atoms with E-state index in [4.69, 9.17) is 9.47 Å². The van der Waals surface area contributed by atoms with Crippen LogP contribution in [0.5, 0.6) is 11.5 Å². The average molecular weight is 220 g/mol. The van der Waals surface area contributed by atoms with Crippen molar-refractivity contribution in [2.45, 2.75) is 0 Å². The molecular weight excluding hydrogens is 212 g/mol. The lowest BCUT2D eigenvalue weighted by molar-refractivity contribution is 0.357. The summed E-state index contributed by atoms with van der Waals surface area (Å²) in [5.74, 6) is 0.421. The van der Waals surface area contributed by atoms with Gasteiger partial charge >= 0.3 is 0 Å². The number of nitrogens with zero attached hydrogens (tertiary/aromatic N) is 2. The maximum Gasteiger partial charge on any atom is 0.240 e. The molecule has 0 radical (unpaired) electrons. The second-order valence-electron chi connectivity index (χ2n) is 2.58. The first kappa shape index (κ1) is 11.7. The zero-order chi connectivity index (χ0) is 12.0. The Kier molecular flexibility index (Phi) is 3.98. The number of hydrogen-bond donors (Lipinski definition) is 0. The summed E-state index contributed by atoms with van der Waals surface area (Å²) < 4.78 is 10.0. The average Bonchev–Trinajstić information content (AvgIpc) is 2.31. The van der Waals surface area contributed by atoms with Crippen molar-refractivity contribution in [2.75, 3.05) is 14.2 Å². The molecule has 0 aliphatic heterocycles. The molecule has 82 valence electrons. The zero-order valence-electron chi connectivity index (χ0n) is 8.68. The molecule has 0 aromatic heterocycles. The Hall–Kier alpha value is -2.42. The number of benzene rings is 1. The standard InChI is InChI=1S/C10H8N2O4/c1-15-9-7(11-5-13)3-4-8(12-6-14)10(9)16-2/h3-4H,1-2H3. The van der Waals surface area contributed by atoms with Gasteiger partial charge in [0.2, 0.25) is 12.2 Å². The predicted octanol–water partition coefficient (Wildman–Crippen LogP) is 1.64. The van der Waals surface area contributed by atoms with E-state index in [1.807, 2.05) is 0 Å². The van der Waals surface area contributed by atoms with Crippen LogP contribution in [0.15, 0.2) is 22.1 Å². The maximum atomic E-state index is 10.2. The van der Waals surface area contributed by atoms with E-state index in [0.717, 1.165) is 0 Å². The highest BCUT2D eigenvalue weighted by Crippen LogP contribution is 2.43. The number of rotatable bonds is 4. The highest BCUT2D eigenvalue weighted by molar-refractivity contribution is 5.73. The number of methoxy groups -OCH3 is 2. The minimum atomic E-state index is 0.211. The lowest BCUT2D eigenvalue weighted by Crippen LogP contribution is -1.91. The summed E-state index contributed by atoms with van der Waals surface area (Å²) >= 11 is 0. The van der Waals surface area contributed by atoms with Crippen LogP contribution in [-0.2, 0) is 9.59 Å². The number of aliphatic imine (C=N–C) groups is 2. The smallest absolute Gasteiger partial charge is 0.240 e. The lowest BCUT2D eigenvalue weighted by Gasteiger charge is -2.10. The molecule has 0 aliphatic carbocycles. The molecule has 0 atom stereocenters. The van der Waals surface area contributed by atoms with Gasteiger partial charge in [-0.15, -0.1) is 0 Å². The predicted molar refractivity (Wildman–Crippen MR) is 55.1 cm³/mol. The van der Waals surface area contributed by atoms with Gasteiger partial charge in [-0.3, -0.25) is 0 Å². The fraction of sp³-hybridized carbons (Fsp3) is 0.200. The molecule has 0 spiro atoms. The molecule has 0 amide bonds.